The topological polar surface area (TPSA) is 124 Å². The largest absolute Gasteiger partial charge is 0.343 e. The summed E-state index contributed by atoms with van der Waals surface area (Å²) in [6.07, 6.45) is 1.11. The Morgan fingerprint density at radius 2 is 2.00 bits per heavy atom. The van der Waals surface area contributed by atoms with Crippen molar-refractivity contribution >= 4 is 34.1 Å². The molecule has 1 heterocycles. The highest BCUT2D eigenvalue weighted by Crippen LogP contribution is 2.15. The van der Waals surface area contributed by atoms with Gasteiger partial charge in [0.05, 0.1) is 11.1 Å². The summed E-state index contributed by atoms with van der Waals surface area (Å²) >= 11 is 0.669. The molecule has 0 unspecified atom stereocenters. The summed E-state index contributed by atoms with van der Waals surface area (Å²) in [6, 6.07) is 6.79. The van der Waals surface area contributed by atoms with Crippen LogP contribution in [0.5, 0.6) is 0 Å². The Balaban J connectivity index is 2.43. The molecule has 0 aliphatic carbocycles. The number of imide groups is 1. The number of nitro groups is 1. The molecule has 1 N–H and O–H groups in total. The highest BCUT2D eigenvalue weighted by atomic mass is 32.1. The van der Waals surface area contributed by atoms with Gasteiger partial charge >= 0.3 is 5.00 Å². The third-order valence-electron chi connectivity index (χ3n) is 3.09. The molecule has 0 atom stereocenters. The number of carbonyl (C=O) groups is 3. The smallest absolute Gasteiger partial charge is 0.307 e. The van der Waals surface area contributed by atoms with Gasteiger partial charge in [-0.3, -0.25) is 29.8 Å². The molecule has 130 valence electrons. The molecule has 25 heavy (non-hydrogen) atoms. The van der Waals surface area contributed by atoms with Crippen LogP contribution in [0.1, 0.15) is 22.8 Å². The van der Waals surface area contributed by atoms with Crippen LogP contribution in [-0.4, -0.2) is 27.2 Å². The predicted molar refractivity (Wildman–Crippen MR) is 88.9 cm³/mol. The molecule has 0 radical (unpaired) electrons. The lowest BCUT2D eigenvalue weighted by Crippen LogP contribution is -2.33. The van der Waals surface area contributed by atoms with Gasteiger partial charge in [-0.25, -0.2) is 0 Å². The van der Waals surface area contributed by atoms with Crippen LogP contribution < -0.4 is 10.1 Å². The lowest BCUT2D eigenvalue weighted by molar-refractivity contribution is -0.380. The van der Waals surface area contributed by atoms with Crippen LogP contribution in [0.4, 0.5) is 5.00 Å². The van der Waals surface area contributed by atoms with Gasteiger partial charge in [-0.15, -0.1) is 0 Å². The average molecular weight is 362 g/mol. The Morgan fingerprint density at radius 1 is 1.32 bits per heavy atom. The minimum atomic E-state index is -0.662. The monoisotopic (exact) mass is 362 g/mol. The van der Waals surface area contributed by atoms with Crippen LogP contribution in [0.3, 0.4) is 0 Å². The van der Waals surface area contributed by atoms with Crippen molar-refractivity contribution in [2.45, 2.75) is 20.4 Å². The summed E-state index contributed by atoms with van der Waals surface area (Å²) in [6.45, 7) is 2.55. The van der Waals surface area contributed by atoms with Crippen molar-refractivity contribution in [3.63, 3.8) is 0 Å². The number of hydrogen-bond acceptors (Lipinski definition) is 6. The Hall–Kier alpha value is -3.14. The van der Waals surface area contributed by atoms with Crippen LogP contribution in [0.2, 0.25) is 0 Å². The lowest BCUT2D eigenvalue weighted by atomic mass is 10.1. The van der Waals surface area contributed by atoms with Crippen molar-refractivity contribution in [3.05, 3.63) is 56.5 Å². The molecule has 2 rings (SSSR count). The molecule has 1 aromatic heterocycles. The fraction of sp³-hybridized carbons (Fsp3) is 0.200. The van der Waals surface area contributed by atoms with E-state index in [0.29, 0.717) is 22.5 Å². The van der Waals surface area contributed by atoms with Gasteiger partial charge in [-0.2, -0.15) is 4.99 Å². The first-order valence-electron chi connectivity index (χ1n) is 7.07. The molecule has 0 aliphatic heterocycles. The molecule has 0 aliphatic rings. The van der Waals surface area contributed by atoms with Gasteiger partial charge in [0.25, 0.3) is 5.91 Å². The maximum atomic E-state index is 12.3. The second-order valence-electron chi connectivity index (χ2n) is 5.07. The molecule has 0 bridgehead atoms. The summed E-state index contributed by atoms with van der Waals surface area (Å²) in [5, 5.41) is 12.8. The maximum absolute atomic E-state index is 12.3. The first kappa shape index (κ1) is 18.2. The van der Waals surface area contributed by atoms with Crippen molar-refractivity contribution in [1.82, 2.24) is 9.88 Å². The normalized spacial score (nSPS) is 11.2. The zero-order valence-electron chi connectivity index (χ0n) is 13.4. The second-order valence-corrected chi connectivity index (χ2v) is 6.06. The van der Waals surface area contributed by atoms with Crippen LogP contribution in [0, 0.1) is 17.0 Å². The molecular formula is C15H14N4O5S. The zero-order chi connectivity index (χ0) is 18.6. The van der Waals surface area contributed by atoms with Gasteiger partial charge < -0.3 is 4.57 Å². The van der Waals surface area contributed by atoms with Gasteiger partial charge in [0.2, 0.25) is 11.8 Å². The van der Waals surface area contributed by atoms with Crippen molar-refractivity contribution in [3.8, 4) is 0 Å². The third kappa shape index (κ3) is 4.67. The van der Waals surface area contributed by atoms with E-state index in [0.717, 1.165) is 10.8 Å². The van der Waals surface area contributed by atoms with Crippen LogP contribution in [0.15, 0.2) is 35.5 Å². The number of benzene rings is 1. The molecule has 3 amide bonds. The molecule has 1 aromatic carbocycles. The fourth-order valence-electron chi connectivity index (χ4n) is 2.00. The number of thiazole rings is 1. The second kappa shape index (κ2) is 7.62. The molecule has 0 fully saturated rings. The number of carbonyl (C=O) groups excluding carboxylic acids is 3. The fourth-order valence-corrected chi connectivity index (χ4v) is 2.81. The molecule has 9 nitrogen and oxygen atoms in total. The minimum Gasteiger partial charge on any atom is -0.307 e. The number of aryl methyl sites for hydroxylation is 1. The van der Waals surface area contributed by atoms with Crippen molar-refractivity contribution in [2.75, 3.05) is 0 Å². The highest BCUT2D eigenvalue weighted by molar-refractivity contribution is 7.12. The molecular weight excluding hydrogens is 348 g/mol. The Bertz CT molecular complexity index is 928. The quantitative estimate of drug-likeness (QED) is 0.646. The Morgan fingerprint density at radius 3 is 2.60 bits per heavy atom. The van der Waals surface area contributed by atoms with E-state index in [1.54, 1.807) is 31.2 Å². The van der Waals surface area contributed by atoms with Crippen molar-refractivity contribution in [1.29, 1.82) is 0 Å². The van der Waals surface area contributed by atoms with E-state index < -0.39 is 22.6 Å². The molecule has 0 saturated carbocycles. The number of hydrogen-bond donors (Lipinski definition) is 1. The van der Waals surface area contributed by atoms with E-state index in [4.69, 9.17) is 0 Å². The summed E-state index contributed by atoms with van der Waals surface area (Å²) in [5.41, 5.74) is 1.07. The van der Waals surface area contributed by atoms with Crippen LogP contribution in [-0.2, 0) is 16.1 Å². The summed E-state index contributed by atoms with van der Waals surface area (Å²) in [7, 11) is 0. The molecule has 0 saturated heterocycles. The first-order chi connectivity index (χ1) is 11.8. The Kier molecular flexibility index (Phi) is 5.55. The number of nitrogens with one attached hydrogen (secondary N) is 1. The third-order valence-corrected chi connectivity index (χ3v) is 4.06. The first-order valence-corrected chi connectivity index (χ1v) is 7.89. The number of amides is 3. The van der Waals surface area contributed by atoms with E-state index >= 15 is 0 Å². The highest BCUT2D eigenvalue weighted by Gasteiger charge is 2.16. The predicted octanol–water partition coefficient (Wildman–Crippen LogP) is 1.17. The van der Waals surface area contributed by atoms with Gasteiger partial charge in [0, 0.05) is 12.5 Å². The van der Waals surface area contributed by atoms with E-state index in [9.17, 15) is 24.5 Å². The number of aromatic nitrogens is 1. The van der Waals surface area contributed by atoms with Crippen molar-refractivity contribution < 1.29 is 19.3 Å². The average Bonchev–Trinajstić information content (AvgIpc) is 2.89. The summed E-state index contributed by atoms with van der Waals surface area (Å²) in [5.74, 6) is -1.79. The van der Waals surface area contributed by atoms with Gasteiger partial charge in [-0.1, -0.05) is 18.2 Å². The SMILES string of the molecule is CC(=O)NC(=O)Cn1cc([N+](=O)[O-])sc1=NC(=O)c1ccccc1C. The van der Waals surface area contributed by atoms with Crippen molar-refractivity contribution in [2.24, 2.45) is 4.99 Å². The number of rotatable bonds is 4. The van der Waals surface area contributed by atoms with E-state index in [-0.39, 0.29) is 16.3 Å². The number of nitrogens with zero attached hydrogens (tertiary/aromatic N) is 3. The van der Waals surface area contributed by atoms with Crippen LogP contribution in [0.25, 0.3) is 0 Å². The van der Waals surface area contributed by atoms with Crippen LogP contribution >= 0.6 is 11.3 Å². The maximum Gasteiger partial charge on any atom is 0.343 e. The van der Waals surface area contributed by atoms with E-state index in [2.05, 4.69) is 10.3 Å². The van der Waals surface area contributed by atoms with Gasteiger partial charge in [-0.05, 0) is 29.9 Å². The van der Waals surface area contributed by atoms with Gasteiger partial charge in [0.15, 0.2) is 4.80 Å². The molecule has 10 heteroatoms. The molecule has 0 spiro atoms. The summed E-state index contributed by atoms with van der Waals surface area (Å²) in [4.78, 5) is 49.2. The standard InChI is InChI=1S/C15H14N4O5S/c1-9-5-3-4-6-11(9)14(22)17-15-18(7-12(21)16-10(2)20)8-13(25-15)19(23)24/h3-6,8H,7H2,1-2H3,(H,16,20,21). The Labute approximate surface area is 145 Å². The molecule has 2 aromatic rings. The van der Waals surface area contributed by atoms with E-state index in [1.807, 2.05) is 0 Å². The summed E-state index contributed by atoms with van der Waals surface area (Å²) < 4.78 is 1.16. The lowest BCUT2D eigenvalue weighted by Gasteiger charge is -2.02. The van der Waals surface area contributed by atoms with E-state index in [1.165, 1.54) is 6.92 Å². The zero-order valence-corrected chi connectivity index (χ0v) is 14.2. The van der Waals surface area contributed by atoms with Gasteiger partial charge in [0.1, 0.15) is 6.54 Å². The minimum absolute atomic E-state index is 0.00125.